The molecule has 2 N–H and O–H groups in total. The lowest BCUT2D eigenvalue weighted by Crippen LogP contribution is -2.60. The first kappa shape index (κ1) is 18.9. The molecule has 2 aromatic rings. The molecule has 2 aromatic carbocycles. The van der Waals surface area contributed by atoms with Crippen LogP contribution in [-0.4, -0.2) is 56.4 Å². The van der Waals surface area contributed by atoms with Gasteiger partial charge < -0.3 is 24.6 Å². The van der Waals surface area contributed by atoms with Crippen molar-refractivity contribution in [3.8, 4) is 11.1 Å². The first-order valence-electron chi connectivity index (χ1n) is 9.53. The number of fused-ring (bicyclic) bond motifs is 3. The molecule has 1 amide bonds. The number of rotatable bonds is 5. The summed E-state index contributed by atoms with van der Waals surface area (Å²) < 4.78 is 16.1. The zero-order valence-corrected chi connectivity index (χ0v) is 15.9. The van der Waals surface area contributed by atoms with Crippen molar-refractivity contribution >= 4 is 6.09 Å². The Bertz CT molecular complexity index is 805. The third-order valence-electron chi connectivity index (χ3n) is 5.64. The number of alkyl carbamates (subject to hydrolysis) is 1. The van der Waals surface area contributed by atoms with Gasteiger partial charge in [-0.25, -0.2) is 4.79 Å². The number of nitrogens with one attached hydrogen (secondary N) is 1. The topological polar surface area (TPSA) is 77.0 Å². The summed E-state index contributed by atoms with van der Waals surface area (Å²) in [7, 11) is 1.53. The minimum Gasteiger partial charge on any atom is -0.449 e. The fourth-order valence-electron chi connectivity index (χ4n) is 4.16. The average Bonchev–Trinajstić information content (AvgIpc) is 3.02. The van der Waals surface area contributed by atoms with E-state index in [1.165, 1.54) is 18.2 Å². The highest BCUT2D eigenvalue weighted by atomic mass is 16.6. The van der Waals surface area contributed by atoms with E-state index in [2.05, 4.69) is 29.6 Å². The molecule has 0 bridgehead atoms. The number of amides is 1. The van der Waals surface area contributed by atoms with Crippen LogP contribution in [0.2, 0.25) is 0 Å². The smallest absolute Gasteiger partial charge is 0.407 e. The molecule has 6 heteroatoms. The van der Waals surface area contributed by atoms with Gasteiger partial charge in [0.05, 0.1) is 19.3 Å². The largest absolute Gasteiger partial charge is 0.449 e. The fourth-order valence-corrected chi connectivity index (χ4v) is 4.16. The van der Waals surface area contributed by atoms with Crippen molar-refractivity contribution < 1.29 is 24.1 Å². The quantitative estimate of drug-likeness (QED) is 0.830. The van der Waals surface area contributed by atoms with E-state index in [0.29, 0.717) is 13.0 Å². The average molecular weight is 383 g/mol. The van der Waals surface area contributed by atoms with Crippen molar-refractivity contribution in [1.29, 1.82) is 0 Å². The van der Waals surface area contributed by atoms with Crippen LogP contribution in [-0.2, 0) is 14.2 Å². The Kier molecular flexibility index (Phi) is 5.35. The van der Waals surface area contributed by atoms with Crippen LogP contribution in [0.3, 0.4) is 0 Å². The number of carbonyl (C=O) groups is 1. The number of benzene rings is 2. The monoisotopic (exact) mass is 383 g/mol. The Morgan fingerprint density at radius 1 is 1.18 bits per heavy atom. The summed E-state index contributed by atoms with van der Waals surface area (Å²) in [5.74, 6) is -0.00128. The normalized spacial score (nSPS) is 23.7. The SMILES string of the molecule is COCC1(O)CCOCC1NC(=O)OCC1c2ccccc2-c2ccccc21. The van der Waals surface area contributed by atoms with Crippen LogP contribution >= 0.6 is 0 Å². The van der Waals surface area contributed by atoms with Gasteiger partial charge in [0.1, 0.15) is 12.2 Å². The van der Waals surface area contributed by atoms with Crippen molar-refractivity contribution in [2.75, 3.05) is 33.5 Å². The van der Waals surface area contributed by atoms with E-state index in [-0.39, 0.29) is 25.7 Å². The lowest BCUT2D eigenvalue weighted by atomic mass is 9.90. The van der Waals surface area contributed by atoms with Crippen molar-refractivity contribution in [2.45, 2.75) is 24.0 Å². The van der Waals surface area contributed by atoms with E-state index >= 15 is 0 Å². The number of hydrogen-bond donors (Lipinski definition) is 2. The third-order valence-corrected chi connectivity index (χ3v) is 5.64. The van der Waals surface area contributed by atoms with Gasteiger partial charge in [0, 0.05) is 26.1 Å². The Morgan fingerprint density at radius 2 is 1.82 bits per heavy atom. The second-order valence-electron chi connectivity index (χ2n) is 7.38. The van der Waals surface area contributed by atoms with Crippen molar-refractivity contribution in [1.82, 2.24) is 5.32 Å². The van der Waals surface area contributed by atoms with Gasteiger partial charge in [0.25, 0.3) is 0 Å². The van der Waals surface area contributed by atoms with Crippen molar-refractivity contribution in [2.24, 2.45) is 0 Å². The van der Waals surface area contributed by atoms with E-state index in [1.54, 1.807) is 0 Å². The van der Waals surface area contributed by atoms with Crippen LogP contribution in [0.1, 0.15) is 23.5 Å². The number of carbonyl (C=O) groups excluding carboxylic acids is 1. The number of hydrogen-bond acceptors (Lipinski definition) is 5. The fraction of sp³-hybridized carbons (Fsp3) is 0.409. The minimum absolute atomic E-state index is 0.00128. The summed E-state index contributed by atoms with van der Waals surface area (Å²) in [5.41, 5.74) is 3.53. The van der Waals surface area contributed by atoms with Crippen LogP contribution in [0.15, 0.2) is 48.5 Å². The van der Waals surface area contributed by atoms with Crippen molar-refractivity contribution in [3.05, 3.63) is 59.7 Å². The number of methoxy groups -OCH3 is 1. The molecule has 1 aliphatic heterocycles. The molecule has 1 saturated heterocycles. The van der Waals surface area contributed by atoms with Crippen LogP contribution in [0.5, 0.6) is 0 Å². The molecular weight excluding hydrogens is 358 g/mol. The molecule has 0 radical (unpaired) electrons. The van der Waals surface area contributed by atoms with Gasteiger partial charge in [0.15, 0.2) is 0 Å². The molecule has 28 heavy (non-hydrogen) atoms. The van der Waals surface area contributed by atoms with Gasteiger partial charge in [-0.15, -0.1) is 0 Å². The molecule has 2 aliphatic rings. The molecule has 6 nitrogen and oxygen atoms in total. The highest BCUT2D eigenvalue weighted by molar-refractivity contribution is 5.79. The zero-order chi connectivity index (χ0) is 19.6. The van der Waals surface area contributed by atoms with Crippen molar-refractivity contribution in [3.63, 3.8) is 0 Å². The number of ether oxygens (including phenoxy) is 3. The molecular formula is C22H25NO5. The molecule has 4 rings (SSSR count). The molecule has 0 spiro atoms. The summed E-state index contributed by atoms with van der Waals surface area (Å²) in [6.45, 7) is 1.02. The van der Waals surface area contributed by atoms with Gasteiger partial charge in [-0.05, 0) is 22.3 Å². The lowest BCUT2D eigenvalue weighted by Gasteiger charge is -2.39. The molecule has 2 atom stereocenters. The molecule has 148 valence electrons. The maximum absolute atomic E-state index is 12.4. The molecule has 1 fully saturated rings. The van der Waals surface area contributed by atoms with Gasteiger partial charge >= 0.3 is 6.09 Å². The standard InChI is InChI=1S/C22H25NO5/c1-26-14-22(25)10-11-27-13-20(22)23-21(24)28-12-19-17-8-4-2-6-15(17)16-7-3-5-9-18(16)19/h2-9,19-20,25H,10-14H2,1H3,(H,23,24). The number of aliphatic hydroxyl groups is 1. The summed E-state index contributed by atoms with van der Waals surface area (Å²) >= 11 is 0. The Labute approximate surface area is 164 Å². The van der Waals surface area contributed by atoms with Gasteiger partial charge in [-0.2, -0.15) is 0 Å². The minimum atomic E-state index is -1.15. The summed E-state index contributed by atoms with van der Waals surface area (Å²) in [4.78, 5) is 12.4. The maximum Gasteiger partial charge on any atom is 0.407 e. The summed E-state index contributed by atoms with van der Waals surface area (Å²) in [6.07, 6.45) is -0.165. The Hall–Kier alpha value is -2.41. The lowest BCUT2D eigenvalue weighted by molar-refractivity contribution is -0.121. The van der Waals surface area contributed by atoms with Crippen LogP contribution in [0.25, 0.3) is 11.1 Å². The van der Waals surface area contributed by atoms with Gasteiger partial charge in [-0.3, -0.25) is 0 Å². The van der Waals surface area contributed by atoms with Crippen LogP contribution in [0.4, 0.5) is 4.79 Å². The van der Waals surface area contributed by atoms with E-state index in [1.807, 2.05) is 24.3 Å². The predicted molar refractivity (Wildman–Crippen MR) is 104 cm³/mol. The highest BCUT2D eigenvalue weighted by Gasteiger charge is 2.41. The second kappa shape index (κ2) is 7.91. The zero-order valence-electron chi connectivity index (χ0n) is 15.9. The maximum atomic E-state index is 12.4. The Morgan fingerprint density at radius 3 is 2.46 bits per heavy atom. The molecule has 2 unspecified atom stereocenters. The first-order chi connectivity index (χ1) is 13.6. The summed E-state index contributed by atoms with van der Waals surface area (Å²) in [6, 6.07) is 15.8. The van der Waals surface area contributed by atoms with E-state index in [0.717, 1.165) is 11.1 Å². The van der Waals surface area contributed by atoms with E-state index in [4.69, 9.17) is 14.2 Å². The van der Waals surface area contributed by atoms with Crippen LogP contribution in [0, 0.1) is 0 Å². The van der Waals surface area contributed by atoms with Gasteiger partial charge in [-0.1, -0.05) is 48.5 Å². The van der Waals surface area contributed by atoms with E-state index < -0.39 is 17.7 Å². The molecule has 0 saturated carbocycles. The van der Waals surface area contributed by atoms with Gasteiger partial charge in [0.2, 0.25) is 0 Å². The summed E-state index contributed by atoms with van der Waals surface area (Å²) in [5, 5.41) is 13.5. The first-order valence-corrected chi connectivity index (χ1v) is 9.53. The third kappa shape index (κ3) is 3.51. The Balaban J connectivity index is 1.44. The second-order valence-corrected chi connectivity index (χ2v) is 7.38. The molecule has 1 heterocycles. The molecule has 0 aromatic heterocycles. The highest BCUT2D eigenvalue weighted by Crippen LogP contribution is 2.44. The van der Waals surface area contributed by atoms with E-state index in [9.17, 15) is 9.90 Å². The molecule has 1 aliphatic carbocycles. The van der Waals surface area contributed by atoms with Crippen LogP contribution < -0.4 is 5.32 Å². The predicted octanol–water partition coefficient (Wildman–Crippen LogP) is 2.69.